The largest absolute Gasteiger partial charge is 0.296 e. The molecule has 1 aliphatic heterocycles. The van der Waals surface area contributed by atoms with E-state index < -0.39 is 32.8 Å². The monoisotopic (exact) mass is 343 g/mol. The van der Waals surface area contributed by atoms with Gasteiger partial charge in [-0.3, -0.25) is 14.5 Å². The Labute approximate surface area is 140 Å². The van der Waals surface area contributed by atoms with Crippen LogP contribution < -0.4 is 4.90 Å². The normalized spacial score (nSPS) is 21.3. The number of sulfone groups is 1. The molecule has 5 nitrogen and oxygen atoms in total. The Morgan fingerprint density at radius 2 is 1.50 bits per heavy atom. The number of hydrogen-bond acceptors (Lipinski definition) is 4. The zero-order valence-corrected chi connectivity index (χ0v) is 14.2. The molecule has 2 aromatic rings. The predicted molar refractivity (Wildman–Crippen MR) is 91.5 cm³/mol. The average molecular weight is 343 g/mol. The van der Waals surface area contributed by atoms with Gasteiger partial charge in [0.15, 0.2) is 15.1 Å². The number of ketones is 1. The van der Waals surface area contributed by atoms with E-state index in [1.807, 2.05) is 19.1 Å². The van der Waals surface area contributed by atoms with E-state index in [9.17, 15) is 18.0 Å². The molecule has 124 valence electrons. The summed E-state index contributed by atoms with van der Waals surface area (Å²) in [5.41, 5.74) is 2.14. The van der Waals surface area contributed by atoms with Crippen LogP contribution in [0.5, 0.6) is 0 Å². The van der Waals surface area contributed by atoms with Gasteiger partial charge in [-0.05, 0) is 24.6 Å². The molecule has 3 rings (SSSR count). The number of anilines is 1. The van der Waals surface area contributed by atoms with Crippen molar-refractivity contribution in [3.05, 3.63) is 65.7 Å². The molecule has 1 aliphatic rings. The van der Waals surface area contributed by atoms with Crippen molar-refractivity contribution in [1.82, 2.24) is 0 Å². The molecule has 6 heteroatoms. The Morgan fingerprint density at radius 3 is 2.04 bits per heavy atom. The Morgan fingerprint density at radius 1 is 0.917 bits per heavy atom. The standard InChI is InChI=1S/C18H17NO4S/c1-12-8-10-13(11-9-12)15-17(24(2,22)23)16(20)18(21)19(15)14-6-4-3-5-7-14/h3-11,15,17H,1-2H3/t15-,17-/m1/s1. The number of amides is 1. The maximum absolute atomic E-state index is 12.5. The van der Waals surface area contributed by atoms with Crippen molar-refractivity contribution in [2.75, 3.05) is 11.2 Å². The molecule has 1 saturated heterocycles. The van der Waals surface area contributed by atoms with Crippen LogP contribution in [0.3, 0.4) is 0 Å². The number of nitrogens with zero attached hydrogens (tertiary/aromatic N) is 1. The van der Waals surface area contributed by atoms with Crippen molar-refractivity contribution in [2.45, 2.75) is 18.2 Å². The first-order chi connectivity index (χ1) is 11.3. The van der Waals surface area contributed by atoms with Crippen LogP contribution in [0.2, 0.25) is 0 Å². The molecule has 0 spiro atoms. The maximum atomic E-state index is 12.5. The zero-order valence-electron chi connectivity index (χ0n) is 13.3. The fourth-order valence-corrected chi connectivity index (χ4v) is 4.26. The third-order valence-corrected chi connectivity index (χ3v) is 5.56. The summed E-state index contributed by atoms with van der Waals surface area (Å²) < 4.78 is 24.4. The van der Waals surface area contributed by atoms with Crippen molar-refractivity contribution < 1.29 is 18.0 Å². The molecular formula is C18H17NO4S. The highest BCUT2D eigenvalue weighted by atomic mass is 32.2. The fourth-order valence-electron chi connectivity index (χ4n) is 3.03. The third-order valence-electron chi connectivity index (χ3n) is 4.17. The molecule has 0 aliphatic carbocycles. The molecule has 2 atom stereocenters. The van der Waals surface area contributed by atoms with Gasteiger partial charge >= 0.3 is 0 Å². The molecule has 0 radical (unpaired) electrons. The van der Waals surface area contributed by atoms with Crippen molar-refractivity contribution >= 4 is 27.2 Å². The second-order valence-corrected chi connectivity index (χ2v) is 8.15. The number of para-hydroxylation sites is 1. The lowest BCUT2D eigenvalue weighted by Gasteiger charge is -2.27. The SMILES string of the molecule is Cc1ccc([C@@H]2[C@@H](S(C)(=O)=O)C(=O)C(=O)N2c2ccccc2)cc1. The summed E-state index contributed by atoms with van der Waals surface area (Å²) in [6.07, 6.45) is 0.999. The molecule has 0 bridgehead atoms. The summed E-state index contributed by atoms with van der Waals surface area (Å²) in [5.74, 6) is -1.67. The van der Waals surface area contributed by atoms with Crippen LogP contribution in [0.4, 0.5) is 5.69 Å². The second-order valence-electron chi connectivity index (χ2n) is 5.98. The third kappa shape index (κ3) is 2.73. The van der Waals surface area contributed by atoms with Gasteiger partial charge in [0.1, 0.15) is 0 Å². The van der Waals surface area contributed by atoms with Gasteiger partial charge < -0.3 is 0 Å². The van der Waals surface area contributed by atoms with Gasteiger partial charge in [-0.15, -0.1) is 0 Å². The lowest BCUT2D eigenvalue weighted by Crippen LogP contribution is -2.33. The van der Waals surface area contributed by atoms with E-state index in [0.29, 0.717) is 11.3 Å². The van der Waals surface area contributed by atoms with Gasteiger partial charge in [-0.1, -0.05) is 48.0 Å². The van der Waals surface area contributed by atoms with Crippen LogP contribution in [0.1, 0.15) is 17.2 Å². The van der Waals surface area contributed by atoms with Gasteiger partial charge in [0.25, 0.3) is 5.91 Å². The summed E-state index contributed by atoms with van der Waals surface area (Å²) in [7, 11) is -3.75. The second kappa shape index (κ2) is 5.87. The summed E-state index contributed by atoms with van der Waals surface area (Å²) in [5, 5.41) is -1.40. The quantitative estimate of drug-likeness (QED) is 0.800. The van der Waals surface area contributed by atoms with Crippen molar-refractivity contribution in [2.24, 2.45) is 0 Å². The van der Waals surface area contributed by atoms with E-state index in [1.54, 1.807) is 42.5 Å². The van der Waals surface area contributed by atoms with E-state index in [1.165, 1.54) is 4.90 Å². The van der Waals surface area contributed by atoms with Crippen LogP contribution in [0.25, 0.3) is 0 Å². The minimum absolute atomic E-state index is 0.507. The van der Waals surface area contributed by atoms with Gasteiger partial charge in [-0.2, -0.15) is 0 Å². The molecule has 1 heterocycles. The molecular weight excluding hydrogens is 326 g/mol. The first-order valence-electron chi connectivity index (χ1n) is 7.48. The van der Waals surface area contributed by atoms with Gasteiger partial charge in [0, 0.05) is 11.9 Å². The van der Waals surface area contributed by atoms with Crippen LogP contribution >= 0.6 is 0 Å². The predicted octanol–water partition coefficient (Wildman–Crippen LogP) is 2.07. The number of carbonyl (C=O) groups excluding carboxylic acids is 2. The summed E-state index contributed by atoms with van der Waals surface area (Å²) in [6, 6.07) is 15.0. The Bertz CT molecular complexity index is 888. The van der Waals surface area contributed by atoms with Crippen LogP contribution in [-0.2, 0) is 19.4 Å². The fraction of sp³-hybridized carbons (Fsp3) is 0.222. The first-order valence-corrected chi connectivity index (χ1v) is 9.44. The summed E-state index contributed by atoms with van der Waals surface area (Å²) >= 11 is 0. The van der Waals surface area contributed by atoms with Gasteiger partial charge in [-0.25, -0.2) is 8.42 Å². The minimum Gasteiger partial charge on any atom is -0.296 e. The number of hydrogen-bond donors (Lipinski definition) is 0. The van der Waals surface area contributed by atoms with Crippen LogP contribution in [-0.4, -0.2) is 31.6 Å². The Kier molecular flexibility index (Phi) is 4.01. The molecule has 0 aromatic heterocycles. The smallest absolute Gasteiger partial charge is 0.296 e. The topological polar surface area (TPSA) is 71.5 Å². The highest BCUT2D eigenvalue weighted by Gasteiger charge is 2.53. The van der Waals surface area contributed by atoms with Crippen molar-refractivity contribution in [1.29, 1.82) is 0 Å². The van der Waals surface area contributed by atoms with E-state index in [2.05, 4.69) is 0 Å². The minimum atomic E-state index is -3.75. The van der Waals surface area contributed by atoms with E-state index in [4.69, 9.17) is 0 Å². The van der Waals surface area contributed by atoms with Gasteiger partial charge in [0.05, 0.1) is 6.04 Å². The number of benzene rings is 2. The Hall–Kier alpha value is -2.47. The van der Waals surface area contributed by atoms with Crippen molar-refractivity contribution in [3.8, 4) is 0 Å². The van der Waals surface area contributed by atoms with Crippen LogP contribution in [0, 0.1) is 6.92 Å². The lowest BCUT2D eigenvalue weighted by atomic mass is 10.0. The first kappa shape index (κ1) is 16.4. The van der Waals surface area contributed by atoms with E-state index in [-0.39, 0.29) is 0 Å². The van der Waals surface area contributed by atoms with Crippen LogP contribution in [0.15, 0.2) is 54.6 Å². The molecule has 0 saturated carbocycles. The molecule has 0 unspecified atom stereocenters. The summed E-state index contributed by atoms with van der Waals surface area (Å²) in [4.78, 5) is 26.2. The number of Topliss-reactive ketones (excluding diaryl/α,β-unsaturated/α-hetero) is 1. The lowest BCUT2D eigenvalue weighted by molar-refractivity contribution is -0.133. The van der Waals surface area contributed by atoms with E-state index >= 15 is 0 Å². The average Bonchev–Trinajstić information content (AvgIpc) is 2.81. The molecule has 0 N–H and O–H groups in total. The van der Waals surface area contributed by atoms with E-state index in [0.717, 1.165) is 11.8 Å². The maximum Gasteiger partial charge on any atom is 0.296 e. The van der Waals surface area contributed by atoms with Crippen molar-refractivity contribution in [3.63, 3.8) is 0 Å². The molecule has 24 heavy (non-hydrogen) atoms. The number of aryl methyl sites for hydroxylation is 1. The number of rotatable bonds is 3. The highest BCUT2D eigenvalue weighted by Crippen LogP contribution is 2.38. The Balaban J connectivity index is 2.21. The molecule has 1 amide bonds. The number of carbonyl (C=O) groups is 2. The highest BCUT2D eigenvalue weighted by molar-refractivity contribution is 7.92. The summed E-state index contributed by atoms with van der Waals surface area (Å²) in [6.45, 7) is 1.91. The zero-order chi connectivity index (χ0) is 17.5. The molecule has 2 aromatic carbocycles. The molecule has 1 fully saturated rings. The van der Waals surface area contributed by atoms with Gasteiger partial charge in [0.2, 0.25) is 5.78 Å².